The molecule has 0 bridgehead atoms. The number of carbonyl (C=O) groups excluding carboxylic acids is 1. The highest BCUT2D eigenvalue weighted by Crippen LogP contribution is 2.45. The molecule has 0 spiro atoms. The lowest BCUT2D eigenvalue weighted by Gasteiger charge is -2.51. The van der Waals surface area contributed by atoms with Crippen LogP contribution < -0.4 is 0 Å². The van der Waals surface area contributed by atoms with Crippen LogP contribution in [0, 0.1) is 23.4 Å². The number of aromatic nitrogens is 3. The zero-order valence-corrected chi connectivity index (χ0v) is 26.8. The number of carbonyl (C=O) groups is 1. The summed E-state index contributed by atoms with van der Waals surface area (Å²) in [6.45, 7) is 12.3. The van der Waals surface area contributed by atoms with Crippen molar-refractivity contribution < 1.29 is 41.3 Å². The van der Waals surface area contributed by atoms with Crippen molar-refractivity contribution in [2.75, 3.05) is 13.7 Å². The SMILES string of the molecule is COC(=O)[C@@H](O[Si](C)(C)C(C)(C)C)[C@@H]1OC2COC(c3ccccc3)O[C@@H]2[C@H](n2cc(-c3cc(F)c(F)c(F)c3)nn2)C1C. The minimum absolute atomic E-state index is 0.0178. The van der Waals surface area contributed by atoms with Crippen LogP contribution in [-0.2, 0) is 28.2 Å². The summed E-state index contributed by atoms with van der Waals surface area (Å²) < 4.78 is 74.3. The molecule has 238 valence electrons. The molecule has 9 nitrogen and oxygen atoms in total. The van der Waals surface area contributed by atoms with Crippen LogP contribution in [0.1, 0.15) is 45.6 Å². The zero-order chi connectivity index (χ0) is 32.0. The molecule has 5 rings (SSSR count). The third-order valence-electron chi connectivity index (χ3n) is 8.91. The molecule has 7 atom stereocenters. The maximum absolute atomic E-state index is 14.1. The number of hydrogen-bond acceptors (Lipinski definition) is 8. The van der Waals surface area contributed by atoms with E-state index in [0.29, 0.717) is 0 Å². The van der Waals surface area contributed by atoms with Gasteiger partial charge in [-0.2, -0.15) is 0 Å². The normalized spacial score (nSPS) is 26.6. The maximum Gasteiger partial charge on any atom is 0.336 e. The molecular formula is C31H38F3N3O6Si. The summed E-state index contributed by atoms with van der Waals surface area (Å²) in [7, 11) is -1.19. The summed E-state index contributed by atoms with van der Waals surface area (Å²) in [5.41, 5.74) is 0.956. The first-order valence-corrected chi connectivity index (χ1v) is 17.4. The Kier molecular flexibility index (Phi) is 9.07. The first kappa shape index (κ1) is 32.3. The largest absolute Gasteiger partial charge is 0.467 e. The van der Waals surface area contributed by atoms with Crippen LogP contribution in [0.25, 0.3) is 11.3 Å². The number of ether oxygens (including phenoxy) is 4. The van der Waals surface area contributed by atoms with Crippen LogP contribution in [-0.4, -0.2) is 67.4 Å². The van der Waals surface area contributed by atoms with Crippen molar-refractivity contribution in [2.45, 2.75) is 82.6 Å². The molecule has 2 saturated heterocycles. The Balaban J connectivity index is 1.55. The number of hydrogen-bond donors (Lipinski definition) is 0. The third kappa shape index (κ3) is 6.20. The average molecular weight is 634 g/mol. The fraction of sp³-hybridized carbons (Fsp3) is 0.516. The van der Waals surface area contributed by atoms with Crippen molar-refractivity contribution >= 4 is 14.3 Å². The number of halogens is 3. The molecule has 3 heterocycles. The average Bonchev–Trinajstić information content (AvgIpc) is 3.47. The Hall–Kier alpha value is -3.10. The smallest absolute Gasteiger partial charge is 0.336 e. The van der Waals surface area contributed by atoms with Gasteiger partial charge in [0.25, 0.3) is 0 Å². The van der Waals surface area contributed by atoms with Gasteiger partial charge in [0.15, 0.2) is 38.2 Å². The second-order valence-electron chi connectivity index (χ2n) is 12.8. The summed E-state index contributed by atoms with van der Waals surface area (Å²) >= 11 is 0. The summed E-state index contributed by atoms with van der Waals surface area (Å²) in [6, 6.07) is 10.6. The monoisotopic (exact) mass is 633 g/mol. The first-order valence-electron chi connectivity index (χ1n) is 14.5. The molecular weight excluding hydrogens is 595 g/mol. The number of rotatable bonds is 7. The van der Waals surface area contributed by atoms with Gasteiger partial charge in [0.1, 0.15) is 17.9 Å². The predicted molar refractivity (Wildman–Crippen MR) is 156 cm³/mol. The molecule has 44 heavy (non-hydrogen) atoms. The van der Waals surface area contributed by atoms with Crippen molar-refractivity contribution in [3.63, 3.8) is 0 Å². The Bertz CT molecular complexity index is 1460. The molecule has 2 aromatic carbocycles. The molecule has 0 amide bonds. The number of nitrogens with zero attached hydrogens (tertiary/aromatic N) is 3. The number of fused-ring (bicyclic) bond motifs is 1. The Morgan fingerprint density at radius 2 is 1.75 bits per heavy atom. The third-order valence-corrected chi connectivity index (χ3v) is 13.4. The van der Waals surface area contributed by atoms with E-state index in [-0.39, 0.29) is 22.9 Å². The van der Waals surface area contributed by atoms with Gasteiger partial charge in [-0.05, 0) is 30.3 Å². The molecule has 2 fully saturated rings. The molecule has 1 aromatic heterocycles. The van der Waals surface area contributed by atoms with Crippen molar-refractivity contribution in [1.29, 1.82) is 0 Å². The molecule has 0 aliphatic carbocycles. The van der Waals surface area contributed by atoms with Crippen LogP contribution >= 0.6 is 0 Å². The van der Waals surface area contributed by atoms with Gasteiger partial charge in [-0.15, -0.1) is 5.10 Å². The first-order chi connectivity index (χ1) is 20.7. The van der Waals surface area contributed by atoms with E-state index < -0.39 is 74.4 Å². The molecule has 2 aliphatic rings. The maximum atomic E-state index is 14.1. The highest BCUT2D eigenvalue weighted by atomic mass is 28.4. The molecule has 13 heteroatoms. The zero-order valence-electron chi connectivity index (χ0n) is 25.8. The second-order valence-corrected chi connectivity index (χ2v) is 17.6. The fourth-order valence-electron chi connectivity index (χ4n) is 5.42. The summed E-state index contributed by atoms with van der Waals surface area (Å²) in [5.74, 6) is -5.27. The number of benzene rings is 2. The van der Waals surface area contributed by atoms with E-state index in [1.165, 1.54) is 13.3 Å². The summed E-state index contributed by atoms with van der Waals surface area (Å²) in [4.78, 5) is 13.3. The van der Waals surface area contributed by atoms with Crippen LogP contribution in [0.5, 0.6) is 0 Å². The minimum Gasteiger partial charge on any atom is -0.467 e. The van der Waals surface area contributed by atoms with E-state index in [0.717, 1.165) is 17.7 Å². The van der Waals surface area contributed by atoms with E-state index in [1.807, 2.05) is 50.3 Å². The minimum atomic E-state index is -2.50. The van der Waals surface area contributed by atoms with E-state index in [1.54, 1.807) is 4.68 Å². The highest BCUT2D eigenvalue weighted by Gasteiger charge is 2.54. The summed E-state index contributed by atoms with van der Waals surface area (Å²) in [6.07, 6.45) is -2.29. The number of methoxy groups -OCH3 is 1. The second kappa shape index (κ2) is 12.4. The van der Waals surface area contributed by atoms with Gasteiger partial charge < -0.3 is 23.4 Å². The molecule has 0 radical (unpaired) electrons. The standard InChI is InChI=1S/C31H38F3N3O6Si/c1-17-25(37-15-22(35-36-37)19-13-20(32)24(34)21(33)14-19)27-23(16-40-30(42-27)18-11-9-8-10-12-18)41-26(17)28(29(38)39-5)43-44(6,7)31(2,3)4/h8-15,17,23,25-28,30H,16H2,1-7H3/t17?,23?,25-,26-,27+,28+,30?/m1/s1. The van der Waals surface area contributed by atoms with Crippen LogP contribution in [0.15, 0.2) is 48.7 Å². The molecule has 0 saturated carbocycles. The molecule has 2 aliphatic heterocycles. The van der Waals surface area contributed by atoms with Crippen molar-refractivity contribution in [1.82, 2.24) is 15.0 Å². The van der Waals surface area contributed by atoms with E-state index >= 15 is 0 Å². The van der Waals surface area contributed by atoms with Gasteiger partial charge in [0.2, 0.25) is 0 Å². The van der Waals surface area contributed by atoms with Gasteiger partial charge >= 0.3 is 5.97 Å². The lowest BCUT2D eigenvalue weighted by Crippen LogP contribution is -2.62. The predicted octanol–water partition coefficient (Wildman–Crippen LogP) is 5.98. The Labute approximate surface area is 255 Å². The molecule has 3 unspecified atom stereocenters. The van der Waals surface area contributed by atoms with Crippen molar-refractivity contribution in [2.24, 2.45) is 5.92 Å². The van der Waals surface area contributed by atoms with E-state index in [2.05, 4.69) is 31.1 Å². The Morgan fingerprint density at radius 1 is 1.09 bits per heavy atom. The molecule has 3 aromatic rings. The lowest BCUT2D eigenvalue weighted by molar-refractivity contribution is -0.315. The van der Waals surface area contributed by atoms with Gasteiger partial charge in [-0.1, -0.05) is 63.2 Å². The van der Waals surface area contributed by atoms with Gasteiger partial charge in [0, 0.05) is 17.0 Å². The quantitative estimate of drug-likeness (QED) is 0.178. The van der Waals surface area contributed by atoms with Crippen molar-refractivity contribution in [3.05, 3.63) is 71.7 Å². The lowest BCUT2D eigenvalue weighted by atomic mass is 9.83. The number of esters is 1. The fourth-order valence-corrected chi connectivity index (χ4v) is 6.64. The van der Waals surface area contributed by atoms with Crippen LogP contribution in [0.2, 0.25) is 18.1 Å². The molecule has 0 N–H and O–H groups in total. The topological polar surface area (TPSA) is 93.9 Å². The van der Waals surface area contributed by atoms with Crippen molar-refractivity contribution in [3.8, 4) is 11.3 Å². The van der Waals surface area contributed by atoms with Gasteiger partial charge in [-0.3, -0.25) is 0 Å². The van der Waals surface area contributed by atoms with Crippen LogP contribution in [0.4, 0.5) is 13.2 Å². The summed E-state index contributed by atoms with van der Waals surface area (Å²) in [5, 5.41) is 8.25. The van der Waals surface area contributed by atoms with Crippen LogP contribution in [0.3, 0.4) is 0 Å². The van der Waals surface area contributed by atoms with E-state index in [4.69, 9.17) is 23.4 Å². The van der Waals surface area contributed by atoms with Gasteiger partial charge in [-0.25, -0.2) is 22.6 Å². The van der Waals surface area contributed by atoms with Gasteiger partial charge in [0.05, 0.1) is 32.1 Å². The highest BCUT2D eigenvalue weighted by molar-refractivity contribution is 6.74. The Morgan fingerprint density at radius 3 is 2.36 bits per heavy atom. The van der Waals surface area contributed by atoms with E-state index in [9.17, 15) is 18.0 Å².